The van der Waals surface area contributed by atoms with E-state index >= 15 is 0 Å². The average molecular weight is 330 g/mol. The summed E-state index contributed by atoms with van der Waals surface area (Å²) in [5.74, 6) is -0.507. The fourth-order valence-corrected chi connectivity index (χ4v) is 4.16. The molecule has 0 aromatic heterocycles. The molecular weight excluding hydrogens is 311 g/mol. The lowest BCUT2D eigenvalue weighted by Gasteiger charge is -2.48. The third-order valence-electron chi connectivity index (χ3n) is 3.60. The minimum Gasteiger partial charge on any atom is -0.465 e. The highest BCUT2D eigenvalue weighted by atomic mass is 32.3. The van der Waals surface area contributed by atoms with Crippen molar-refractivity contribution < 1.29 is 23.4 Å². The van der Waals surface area contributed by atoms with E-state index in [0.29, 0.717) is 25.1 Å². The van der Waals surface area contributed by atoms with Crippen molar-refractivity contribution in [2.45, 2.75) is 12.3 Å². The average Bonchev–Trinajstić information content (AvgIpc) is 2.41. The number of carbonyl (C=O) groups is 1. The van der Waals surface area contributed by atoms with Crippen molar-refractivity contribution in [1.29, 1.82) is 0 Å². The Morgan fingerprint density at radius 3 is 2.86 bits per heavy atom. The summed E-state index contributed by atoms with van der Waals surface area (Å²) in [6.45, 7) is 4.22. The van der Waals surface area contributed by atoms with Crippen molar-refractivity contribution in [3.8, 4) is 0 Å². The zero-order valence-corrected chi connectivity index (χ0v) is 12.7. The van der Waals surface area contributed by atoms with Crippen LogP contribution >= 0.6 is 10.8 Å². The van der Waals surface area contributed by atoms with Gasteiger partial charge in [0.1, 0.15) is 5.82 Å². The molecule has 122 valence electrons. The van der Waals surface area contributed by atoms with E-state index in [1.54, 1.807) is 6.08 Å². The van der Waals surface area contributed by atoms with E-state index in [2.05, 4.69) is 11.9 Å². The van der Waals surface area contributed by atoms with Crippen LogP contribution in [0.15, 0.2) is 30.9 Å². The molecule has 0 bridgehead atoms. The Morgan fingerprint density at radius 1 is 1.55 bits per heavy atom. The van der Waals surface area contributed by atoms with Gasteiger partial charge in [-0.3, -0.25) is 14.4 Å². The standard InChI is InChI=1S/C14H19FN2O4S/c1-2-6-17-9-10(5-7-22(17,20)21)12-4-3-11(8-13(12)15)16-14(18)19/h2-4,8,10,16,20-21H,1,5-7,9H2,(H,18,19). The number of hydrogen-bond donors (Lipinski definition) is 4. The number of carboxylic acid groups (broad SMARTS) is 1. The van der Waals surface area contributed by atoms with Gasteiger partial charge in [-0.25, -0.2) is 13.5 Å². The molecule has 4 N–H and O–H groups in total. The molecule has 1 unspecified atom stereocenters. The number of amides is 1. The molecule has 1 aliphatic rings. The second-order valence-electron chi connectivity index (χ2n) is 5.12. The molecule has 1 heterocycles. The lowest BCUT2D eigenvalue weighted by molar-refractivity contribution is 0.209. The predicted octanol–water partition coefficient (Wildman–Crippen LogP) is 3.56. The molecule has 1 aromatic rings. The van der Waals surface area contributed by atoms with Crippen LogP contribution in [-0.4, -0.2) is 43.5 Å². The van der Waals surface area contributed by atoms with Gasteiger partial charge in [0, 0.05) is 24.7 Å². The lowest BCUT2D eigenvalue weighted by Crippen LogP contribution is -2.38. The smallest absolute Gasteiger partial charge is 0.409 e. The summed E-state index contributed by atoms with van der Waals surface area (Å²) < 4.78 is 35.7. The molecule has 8 heteroatoms. The fourth-order valence-electron chi connectivity index (χ4n) is 2.54. The van der Waals surface area contributed by atoms with Crippen molar-refractivity contribution in [2.75, 3.05) is 24.2 Å². The van der Waals surface area contributed by atoms with Crippen LogP contribution < -0.4 is 5.32 Å². The van der Waals surface area contributed by atoms with Gasteiger partial charge < -0.3 is 5.11 Å². The molecule has 1 aliphatic heterocycles. The monoisotopic (exact) mass is 330 g/mol. The first-order valence-corrected chi connectivity index (χ1v) is 8.42. The highest BCUT2D eigenvalue weighted by Crippen LogP contribution is 2.50. The van der Waals surface area contributed by atoms with Crippen LogP contribution in [0.25, 0.3) is 0 Å². The predicted molar refractivity (Wildman–Crippen MR) is 84.9 cm³/mol. The van der Waals surface area contributed by atoms with Gasteiger partial charge in [-0.2, -0.15) is 0 Å². The molecule has 1 amide bonds. The van der Waals surface area contributed by atoms with Gasteiger partial charge >= 0.3 is 6.09 Å². The SMILES string of the molecule is C=CCN1CC(c2ccc(NC(=O)O)cc2F)CCS1(O)O. The third kappa shape index (κ3) is 3.77. The van der Waals surface area contributed by atoms with Crippen molar-refractivity contribution in [1.82, 2.24) is 4.31 Å². The quantitative estimate of drug-likeness (QED) is 0.634. The lowest BCUT2D eigenvalue weighted by atomic mass is 9.95. The van der Waals surface area contributed by atoms with Gasteiger partial charge in [0.15, 0.2) is 0 Å². The van der Waals surface area contributed by atoms with Crippen LogP contribution in [0, 0.1) is 5.82 Å². The maximum Gasteiger partial charge on any atom is 0.409 e. The molecule has 0 aliphatic carbocycles. The van der Waals surface area contributed by atoms with Crippen LogP contribution in [0.3, 0.4) is 0 Å². The molecule has 2 rings (SSSR count). The molecule has 0 spiro atoms. The minimum absolute atomic E-state index is 0.164. The first kappa shape index (κ1) is 16.8. The highest BCUT2D eigenvalue weighted by Gasteiger charge is 2.32. The first-order valence-electron chi connectivity index (χ1n) is 6.75. The first-order chi connectivity index (χ1) is 10.3. The van der Waals surface area contributed by atoms with Gasteiger partial charge in [-0.1, -0.05) is 12.1 Å². The van der Waals surface area contributed by atoms with Crippen LogP contribution in [-0.2, 0) is 0 Å². The molecule has 6 nitrogen and oxygen atoms in total. The molecule has 1 atom stereocenters. The molecule has 0 radical (unpaired) electrons. The van der Waals surface area contributed by atoms with Crippen molar-refractivity contribution in [3.63, 3.8) is 0 Å². The number of nitrogens with one attached hydrogen (secondary N) is 1. The zero-order valence-electron chi connectivity index (χ0n) is 11.9. The fraction of sp³-hybridized carbons (Fsp3) is 0.357. The molecule has 22 heavy (non-hydrogen) atoms. The van der Waals surface area contributed by atoms with Crippen LogP contribution in [0.1, 0.15) is 17.9 Å². The van der Waals surface area contributed by atoms with Gasteiger partial charge in [0.05, 0.1) is 5.75 Å². The number of hydrogen-bond acceptors (Lipinski definition) is 4. The Morgan fingerprint density at radius 2 is 2.27 bits per heavy atom. The summed E-state index contributed by atoms with van der Waals surface area (Å²) in [5.41, 5.74) is 0.608. The summed E-state index contributed by atoms with van der Waals surface area (Å²) in [5, 5.41) is 10.7. The molecular formula is C14H19FN2O4S. The van der Waals surface area contributed by atoms with E-state index < -0.39 is 22.7 Å². The Bertz CT molecular complexity index is 582. The summed E-state index contributed by atoms with van der Waals surface area (Å²) in [7, 11) is -2.81. The topological polar surface area (TPSA) is 93.0 Å². The number of halogens is 1. The van der Waals surface area contributed by atoms with Crippen molar-refractivity contribution in [2.24, 2.45) is 0 Å². The van der Waals surface area contributed by atoms with Crippen LogP contribution in [0.5, 0.6) is 0 Å². The third-order valence-corrected chi connectivity index (χ3v) is 5.51. The largest absolute Gasteiger partial charge is 0.465 e. The van der Waals surface area contributed by atoms with E-state index in [1.807, 2.05) is 0 Å². The Labute approximate surface area is 129 Å². The van der Waals surface area contributed by atoms with Gasteiger partial charge in [0.25, 0.3) is 0 Å². The van der Waals surface area contributed by atoms with E-state index in [-0.39, 0.29) is 17.4 Å². The molecule has 0 saturated carbocycles. The second kappa shape index (κ2) is 6.66. The number of nitrogens with zero attached hydrogens (tertiary/aromatic N) is 1. The Hall–Kier alpha value is -1.61. The summed E-state index contributed by atoms with van der Waals surface area (Å²) in [4.78, 5) is 10.6. The maximum absolute atomic E-state index is 14.2. The molecule has 1 saturated heterocycles. The maximum atomic E-state index is 14.2. The summed E-state index contributed by atoms with van der Waals surface area (Å²) in [6.07, 6.45) is 0.779. The van der Waals surface area contributed by atoms with E-state index in [9.17, 15) is 18.3 Å². The van der Waals surface area contributed by atoms with E-state index in [4.69, 9.17) is 5.11 Å². The summed E-state index contributed by atoms with van der Waals surface area (Å²) >= 11 is 0. The second-order valence-corrected chi connectivity index (χ2v) is 7.31. The summed E-state index contributed by atoms with van der Waals surface area (Å²) in [6, 6.07) is 4.17. The number of benzene rings is 1. The Kier molecular flexibility index (Phi) is 5.07. The zero-order chi connectivity index (χ0) is 16.3. The Balaban J connectivity index is 2.18. The van der Waals surface area contributed by atoms with E-state index in [0.717, 1.165) is 6.07 Å². The van der Waals surface area contributed by atoms with Gasteiger partial charge in [-0.15, -0.1) is 17.4 Å². The van der Waals surface area contributed by atoms with Crippen LogP contribution in [0.4, 0.5) is 14.9 Å². The number of anilines is 1. The number of rotatable bonds is 4. The van der Waals surface area contributed by atoms with E-state index in [1.165, 1.54) is 16.4 Å². The highest BCUT2D eigenvalue weighted by molar-refractivity contribution is 8.22. The minimum atomic E-state index is -2.81. The van der Waals surface area contributed by atoms with Gasteiger partial charge in [-0.05, 0) is 24.1 Å². The van der Waals surface area contributed by atoms with Gasteiger partial charge in [0.2, 0.25) is 0 Å². The molecule has 1 aromatic carbocycles. The molecule has 1 fully saturated rings. The van der Waals surface area contributed by atoms with Crippen LogP contribution in [0.2, 0.25) is 0 Å². The van der Waals surface area contributed by atoms with Crippen molar-refractivity contribution >= 4 is 22.6 Å². The van der Waals surface area contributed by atoms with Crippen molar-refractivity contribution in [3.05, 3.63) is 42.2 Å². The normalized spacial score (nSPS) is 22.8.